The van der Waals surface area contributed by atoms with E-state index in [9.17, 15) is 9.59 Å². The average Bonchev–Trinajstić information content (AvgIpc) is 2.65. The minimum absolute atomic E-state index is 0.168. The molecule has 0 aliphatic carbocycles. The molecule has 1 heterocycles. The molecule has 0 aliphatic rings. The Morgan fingerprint density at radius 2 is 1.72 bits per heavy atom. The third kappa shape index (κ3) is 4.36. The van der Waals surface area contributed by atoms with Gasteiger partial charge in [0.05, 0.1) is 11.3 Å². The largest absolute Gasteiger partial charge is 0.272 e. The summed E-state index contributed by atoms with van der Waals surface area (Å²) in [5.41, 5.74) is 7.23. The number of aryl methyl sites for hydroxylation is 1. The molecular formula is C19H17N3O2S. The van der Waals surface area contributed by atoms with Gasteiger partial charge in [-0.05, 0) is 36.8 Å². The maximum atomic E-state index is 12.0. The maximum absolute atomic E-state index is 12.0. The number of thioether (sulfide) groups is 1. The fraction of sp³-hybridized carbons (Fsp3) is 0.105. The van der Waals surface area contributed by atoms with E-state index in [1.54, 1.807) is 24.3 Å². The number of hydrogen-bond acceptors (Lipinski definition) is 4. The SMILES string of the molecule is Cc1cc2ccccc2nc1SCC(=O)NNC(=O)c1ccccc1. The molecule has 0 spiro atoms. The van der Waals surface area contributed by atoms with Crippen LogP contribution in [0, 0.1) is 6.92 Å². The summed E-state index contributed by atoms with van der Waals surface area (Å²) >= 11 is 1.34. The van der Waals surface area contributed by atoms with Crippen molar-refractivity contribution in [2.45, 2.75) is 11.9 Å². The third-order valence-electron chi connectivity index (χ3n) is 3.56. The zero-order valence-electron chi connectivity index (χ0n) is 13.7. The van der Waals surface area contributed by atoms with Crippen LogP contribution >= 0.6 is 11.8 Å². The minimum Gasteiger partial charge on any atom is -0.272 e. The standard InChI is InChI=1S/C19H17N3O2S/c1-13-11-15-9-5-6-10-16(15)20-19(13)25-12-17(23)21-22-18(24)14-7-3-2-4-8-14/h2-11H,12H2,1H3,(H,21,23)(H,22,24). The Labute approximate surface area is 149 Å². The smallest absolute Gasteiger partial charge is 0.269 e. The van der Waals surface area contributed by atoms with Gasteiger partial charge in [-0.25, -0.2) is 4.98 Å². The highest BCUT2D eigenvalue weighted by atomic mass is 32.2. The molecule has 0 aliphatic heterocycles. The van der Waals surface area contributed by atoms with Gasteiger partial charge in [0, 0.05) is 10.9 Å². The zero-order chi connectivity index (χ0) is 17.6. The summed E-state index contributed by atoms with van der Waals surface area (Å²) in [7, 11) is 0. The fourth-order valence-electron chi connectivity index (χ4n) is 2.31. The molecule has 3 aromatic rings. The van der Waals surface area contributed by atoms with Crippen molar-refractivity contribution in [3.63, 3.8) is 0 Å². The molecule has 2 aromatic carbocycles. The lowest BCUT2D eigenvalue weighted by molar-refractivity contribution is -0.119. The Hall–Kier alpha value is -2.86. The Balaban J connectivity index is 1.55. The normalized spacial score (nSPS) is 10.4. The third-order valence-corrected chi connectivity index (χ3v) is 4.65. The van der Waals surface area contributed by atoms with Crippen molar-refractivity contribution < 1.29 is 9.59 Å². The summed E-state index contributed by atoms with van der Waals surface area (Å²) in [4.78, 5) is 28.4. The molecule has 0 bridgehead atoms. The molecule has 3 rings (SSSR count). The van der Waals surface area contributed by atoms with Crippen LogP contribution in [0.4, 0.5) is 0 Å². The predicted molar refractivity (Wildman–Crippen MR) is 99.3 cm³/mol. The van der Waals surface area contributed by atoms with Gasteiger partial charge in [-0.1, -0.05) is 48.2 Å². The number of nitrogens with one attached hydrogen (secondary N) is 2. The molecule has 25 heavy (non-hydrogen) atoms. The second-order valence-electron chi connectivity index (χ2n) is 5.46. The Morgan fingerprint density at radius 1 is 1.00 bits per heavy atom. The van der Waals surface area contributed by atoms with Crippen LogP contribution in [0.15, 0.2) is 65.7 Å². The highest BCUT2D eigenvalue weighted by Crippen LogP contribution is 2.24. The molecule has 126 valence electrons. The van der Waals surface area contributed by atoms with Crippen molar-refractivity contribution in [3.8, 4) is 0 Å². The van der Waals surface area contributed by atoms with Gasteiger partial charge in [-0.15, -0.1) is 0 Å². The first-order valence-corrected chi connectivity index (χ1v) is 8.75. The van der Waals surface area contributed by atoms with E-state index >= 15 is 0 Å². The maximum Gasteiger partial charge on any atom is 0.269 e. The van der Waals surface area contributed by atoms with E-state index in [1.807, 2.05) is 37.3 Å². The lowest BCUT2D eigenvalue weighted by atomic mass is 10.2. The number of para-hydroxylation sites is 1. The summed E-state index contributed by atoms with van der Waals surface area (Å²) in [6, 6.07) is 18.6. The number of benzene rings is 2. The lowest BCUT2D eigenvalue weighted by Crippen LogP contribution is -2.42. The van der Waals surface area contributed by atoms with Crippen LogP contribution in [0.2, 0.25) is 0 Å². The molecule has 0 radical (unpaired) electrons. The van der Waals surface area contributed by atoms with Crippen molar-refractivity contribution in [3.05, 3.63) is 71.8 Å². The zero-order valence-corrected chi connectivity index (χ0v) is 14.5. The first-order chi connectivity index (χ1) is 12.1. The first-order valence-electron chi connectivity index (χ1n) is 7.77. The minimum atomic E-state index is -0.348. The van der Waals surface area contributed by atoms with Crippen molar-refractivity contribution >= 4 is 34.5 Å². The van der Waals surface area contributed by atoms with Crippen molar-refractivity contribution in [2.75, 3.05) is 5.75 Å². The van der Waals surface area contributed by atoms with E-state index in [-0.39, 0.29) is 17.6 Å². The van der Waals surface area contributed by atoms with Gasteiger partial charge < -0.3 is 0 Å². The number of hydrogen-bond donors (Lipinski definition) is 2. The number of carbonyl (C=O) groups excluding carboxylic acids is 2. The van der Waals surface area contributed by atoms with E-state index in [0.29, 0.717) is 5.56 Å². The van der Waals surface area contributed by atoms with Crippen LogP contribution in [0.3, 0.4) is 0 Å². The van der Waals surface area contributed by atoms with Gasteiger partial charge in [0.2, 0.25) is 5.91 Å². The van der Waals surface area contributed by atoms with Crippen LogP contribution < -0.4 is 10.9 Å². The Morgan fingerprint density at radius 3 is 2.52 bits per heavy atom. The average molecular weight is 351 g/mol. The second-order valence-corrected chi connectivity index (χ2v) is 6.42. The van der Waals surface area contributed by atoms with E-state index in [1.165, 1.54) is 11.8 Å². The Bertz CT molecular complexity index is 913. The van der Waals surface area contributed by atoms with Crippen molar-refractivity contribution in [2.24, 2.45) is 0 Å². The van der Waals surface area contributed by atoms with Crippen molar-refractivity contribution in [1.82, 2.24) is 15.8 Å². The van der Waals surface area contributed by atoms with Crippen molar-refractivity contribution in [1.29, 1.82) is 0 Å². The number of rotatable bonds is 4. The van der Waals surface area contributed by atoms with Crippen LogP contribution in [0.5, 0.6) is 0 Å². The predicted octanol–water partition coefficient (Wildman–Crippen LogP) is 3.10. The molecular weight excluding hydrogens is 334 g/mol. The number of nitrogens with zero attached hydrogens (tertiary/aromatic N) is 1. The molecule has 5 nitrogen and oxygen atoms in total. The number of carbonyl (C=O) groups is 2. The second kappa shape index (κ2) is 7.81. The first kappa shape index (κ1) is 17.0. The fourth-order valence-corrected chi connectivity index (χ4v) is 3.10. The van der Waals surface area contributed by atoms with Gasteiger partial charge in [0.25, 0.3) is 5.91 Å². The molecule has 2 amide bonds. The van der Waals surface area contributed by atoms with E-state index in [2.05, 4.69) is 21.9 Å². The number of hydrazine groups is 1. The number of pyridine rings is 1. The molecule has 1 aromatic heterocycles. The van der Waals surface area contributed by atoms with Gasteiger partial charge in [-0.2, -0.15) is 0 Å². The van der Waals surface area contributed by atoms with Gasteiger partial charge in [0.15, 0.2) is 0 Å². The van der Waals surface area contributed by atoms with E-state index in [4.69, 9.17) is 0 Å². The monoisotopic (exact) mass is 351 g/mol. The summed E-state index contributed by atoms with van der Waals surface area (Å²) in [6.45, 7) is 1.97. The molecule has 0 saturated heterocycles. The summed E-state index contributed by atoms with van der Waals surface area (Å²) < 4.78 is 0. The Kier molecular flexibility index (Phi) is 5.30. The molecule has 6 heteroatoms. The highest BCUT2D eigenvalue weighted by Gasteiger charge is 2.09. The highest BCUT2D eigenvalue weighted by molar-refractivity contribution is 7.99. The van der Waals surface area contributed by atoms with Crippen LogP contribution in [-0.4, -0.2) is 22.6 Å². The molecule has 2 N–H and O–H groups in total. The number of fused-ring (bicyclic) bond motifs is 1. The van der Waals surface area contributed by atoms with Crippen LogP contribution in [-0.2, 0) is 4.79 Å². The number of amides is 2. The number of aromatic nitrogens is 1. The lowest BCUT2D eigenvalue weighted by Gasteiger charge is -2.09. The van der Waals surface area contributed by atoms with Crippen LogP contribution in [0.25, 0.3) is 10.9 Å². The molecule has 0 unspecified atom stereocenters. The van der Waals surface area contributed by atoms with E-state index < -0.39 is 0 Å². The quantitative estimate of drug-likeness (QED) is 0.560. The topological polar surface area (TPSA) is 71.1 Å². The van der Waals surface area contributed by atoms with Gasteiger partial charge in [0.1, 0.15) is 5.03 Å². The molecule has 0 atom stereocenters. The molecule has 0 fully saturated rings. The van der Waals surface area contributed by atoms with Crippen LogP contribution in [0.1, 0.15) is 15.9 Å². The molecule has 0 saturated carbocycles. The van der Waals surface area contributed by atoms with Gasteiger partial charge in [-0.3, -0.25) is 20.4 Å². The van der Waals surface area contributed by atoms with E-state index in [0.717, 1.165) is 21.5 Å². The summed E-state index contributed by atoms with van der Waals surface area (Å²) in [5.74, 6) is -0.469. The summed E-state index contributed by atoms with van der Waals surface area (Å²) in [5, 5.41) is 1.88. The summed E-state index contributed by atoms with van der Waals surface area (Å²) in [6.07, 6.45) is 0. The van der Waals surface area contributed by atoms with Gasteiger partial charge >= 0.3 is 0 Å².